The van der Waals surface area contributed by atoms with Crippen molar-refractivity contribution in [1.29, 1.82) is 0 Å². The summed E-state index contributed by atoms with van der Waals surface area (Å²) in [5.74, 6) is -1.22. The van der Waals surface area contributed by atoms with Crippen molar-refractivity contribution in [3.8, 4) is 0 Å². The first kappa shape index (κ1) is 13.0. The first-order chi connectivity index (χ1) is 7.52. The molecule has 5 heteroatoms. The van der Waals surface area contributed by atoms with Gasteiger partial charge >= 0.3 is 5.97 Å². The van der Waals surface area contributed by atoms with Gasteiger partial charge in [-0.15, -0.1) is 0 Å². The van der Waals surface area contributed by atoms with E-state index in [0.717, 1.165) is 32.1 Å². The second-order valence-electron chi connectivity index (χ2n) is 4.58. The van der Waals surface area contributed by atoms with E-state index in [0.29, 0.717) is 6.54 Å². The van der Waals surface area contributed by atoms with Gasteiger partial charge in [0.15, 0.2) is 0 Å². The standard InChI is InChI=1S/C11H20N2O3/c1-8(9(14)15)13-10(16)11(7-12)5-3-2-4-6-11/h8H,2-7,12H2,1H3,(H,13,16)(H,14,15)/t8-/m0/s1. The Morgan fingerprint density at radius 1 is 1.38 bits per heavy atom. The predicted octanol–water partition coefficient (Wildman–Crippen LogP) is 0.485. The predicted molar refractivity (Wildman–Crippen MR) is 59.8 cm³/mol. The molecule has 0 heterocycles. The number of hydrogen-bond donors (Lipinski definition) is 3. The van der Waals surface area contributed by atoms with Crippen LogP contribution in [0.1, 0.15) is 39.0 Å². The average Bonchev–Trinajstić information content (AvgIpc) is 2.29. The molecule has 0 saturated heterocycles. The Morgan fingerprint density at radius 3 is 2.38 bits per heavy atom. The second kappa shape index (κ2) is 5.30. The fourth-order valence-corrected chi connectivity index (χ4v) is 2.16. The highest BCUT2D eigenvalue weighted by molar-refractivity contribution is 5.87. The quantitative estimate of drug-likeness (QED) is 0.652. The molecule has 0 aromatic rings. The van der Waals surface area contributed by atoms with Gasteiger partial charge in [0, 0.05) is 6.54 Å². The molecule has 1 atom stereocenters. The molecule has 0 aromatic carbocycles. The van der Waals surface area contributed by atoms with E-state index in [-0.39, 0.29) is 5.91 Å². The Bertz CT molecular complexity index is 272. The van der Waals surface area contributed by atoms with Crippen LogP contribution in [0.4, 0.5) is 0 Å². The van der Waals surface area contributed by atoms with Crippen molar-refractivity contribution in [3.63, 3.8) is 0 Å². The molecule has 0 spiro atoms. The number of nitrogens with two attached hydrogens (primary N) is 1. The van der Waals surface area contributed by atoms with Crippen molar-refractivity contribution >= 4 is 11.9 Å². The minimum Gasteiger partial charge on any atom is -0.480 e. The van der Waals surface area contributed by atoms with Crippen molar-refractivity contribution in [2.75, 3.05) is 6.54 Å². The normalized spacial score (nSPS) is 21.1. The lowest BCUT2D eigenvalue weighted by molar-refractivity contribution is -0.143. The van der Waals surface area contributed by atoms with Crippen molar-refractivity contribution in [3.05, 3.63) is 0 Å². The summed E-state index contributed by atoms with van der Waals surface area (Å²) in [6.07, 6.45) is 4.64. The van der Waals surface area contributed by atoms with Crippen molar-refractivity contribution in [2.24, 2.45) is 11.1 Å². The minimum absolute atomic E-state index is 0.204. The second-order valence-corrected chi connectivity index (χ2v) is 4.58. The molecular formula is C11H20N2O3. The van der Waals surface area contributed by atoms with Crippen LogP contribution < -0.4 is 11.1 Å². The van der Waals surface area contributed by atoms with Gasteiger partial charge in [-0.05, 0) is 19.8 Å². The largest absolute Gasteiger partial charge is 0.480 e. The highest BCUT2D eigenvalue weighted by atomic mass is 16.4. The van der Waals surface area contributed by atoms with E-state index in [9.17, 15) is 9.59 Å². The fourth-order valence-electron chi connectivity index (χ4n) is 2.16. The molecule has 1 aliphatic carbocycles. The molecule has 16 heavy (non-hydrogen) atoms. The SMILES string of the molecule is C[C@H](NC(=O)C1(CN)CCCCC1)C(=O)O. The summed E-state index contributed by atoms with van der Waals surface area (Å²) in [4.78, 5) is 22.7. The van der Waals surface area contributed by atoms with E-state index >= 15 is 0 Å². The van der Waals surface area contributed by atoms with Gasteiger partial charge in [0.1, 0.15) is 6.04 Å². The van der Waals surface area contributed by atoms with Gasteiger partial charge in [0.2, 0.25) is 5.91 Å². The molecule has 0 aliphatic heterocycles. The summed E-state index contributed by atoms with van der Waals surface area (Å²) < 4.78 is 0. The molecule has 0 bridgehead atoms. The first-order valence-electron chi connectivity index (χ1n) is 5.76. The zero-order chi connectivity index (χ0) is 12.2. The molecule has 0 radical (unpaired) electrons. The van der Waals surface area contributed by atoms with E-state index in [1.165, 1.54) is 6.92 Å². The van der Waals surface area contributed by atoms with Crippen LogP contribution in [0.5, 0.6) is 0 Å². The number of rotatable bonds is 4. The van der Waals surface area contributed by atoms with Gasteiger partial charge in [0.25, 0.3) is 0 Å². The Kier molecular flexibility index (Phi) is 4.29. The van der Waals surface area contributed by atoms with E-state index in [2.05, 4.69) is 5.32 Å². The summed E-state index contributed by atoms with van der Waals surface area (Å²) in [5.41, 5.74) is 5.14. The number of carboxylic acids is 1. The van der Waals surface area contributed by atoms with E-state index < -0.39 is 17.4 Å². The number of aliphatic carboxylic acids is 1. The van der Waals surface area contributed by atoms with Crippen LogP contribution in [0.2, 0.25) is 0 Å². The van der Waals surface area contributed by atoms with Crippen LogP contribution in [0.25, 0.3) is 0 Å². The van der Waals surface area contributed by atoms with Crippen LogP contribution in [0, 0.1) is 5.41 Å². The molecule has 4 N–H and O–H groups in total. The molecule has 0 aromatic heterocycles. The zero-order valence-electron chi connectivity index (χ0n) is 9.66. The monoisotopic (exact) mass is 228 g/mol. The van der Waals surface area contributed by atoms with Gasteiger partial charge in [-0.1, -0.05) is 19.3 Å². The number of carbonyl (C=O) groups excluding carboxylic acids is 1. The Morgan fingerprint density at radius 2 is 1.94 bits per heavy atom. The number of carboxylic acid groups (broad SMARTS) is 1. The first-order valence-corrected chi connectivity index (χ1v) is 5.76. The lowest BCUT2D eigenvalue weighted by atomic mass is 9.73. The van der Waals surface area contributed by atoms with E-state index in [4.69, 9.17) is 10.8 Å². The molecule has 1 rings (SSSR count). The van der Waals surface area contributed by atoms with E-state index in [1.807, 2.05) is 0 Å². The number of carbonyl (C=O) groups is 2. The Labute approximate surface area is 95.4 Å². The molecule has 1 saturated carbocycles. The summed E-state index contributed by atoms with van der Waals surface area (Å²) >= 11 is 0. The number of nitrogens with one attached hydrogen (secondary N) is 1. The van der Waals surface area contributed by atoms with Crippen molar-refractivity contribution in [1.82, 2.24) is 5.32 Å². The zero-order valence-corrected chi connectivity index (χ0v) is 9.66. The van der Waals surface area contributed by atoms with Crippen LogP contribution in [0.3, 0.4) is 0 Å². The maximum atomic E-state index is 12.0. The lowest BCUT2D eigenvalue weighted by Gasteiger charge is -2.35. The number of amides is 1. The van der Waals surface area contributed by atoms with Gasteiger partial charge < -0.3 is 16.2 Å². The van der Waals surface area contributed by atoms with E-state index in [1.54, 1.807) is 0 Å². The van der Waals surface area contributed by atoms with Gasteiger partial charge in [-0.3, -0.25) is 9.59 Å². The summed E-state index contributed by atoms with van der Waals surface area (Å²) in [7, 11) is 0. The molecule has 1 aliphatic rings. The smallest absolute Gasteiger partial charge is 0.325 e. The van der Waals surface area contributed by atoms with Crippen LogP contribution in [0.15, 0.2) is 0 Å². The highest BCUT2D eigenvalue weighted by Gasteiger charge is 2.39. The lowest BCUT2D eigenvalue weighted by Crippen LogP contribution is -2.51. The maximum Gasteiger partial charge on any atom is 0.325 e. The van der Waals surface area contributed by atoms with Gasteiger partial charge in [-0.2, -0.15) is 0 Å². The molecule has 92 valence electrons. The molecule has 1 amide bonds. The Balaban J connectivity index is 2.65. The maximum absolute atomic E-state index is 12.0. The number of hydrogen-bond acceptors (Lipinski definition) is 3. The third-order valence-electron chi connectivity index (χ3n) is 3.40. The van der Waals surface area contributed by atoms with Crippen LogP contribution >= 0.6 is 0 Å². The highest BCUT2D eigenvalue weighted by Crippen LogP contribution is 2.35. The third kappa shape index (κ3) is 2.72. The van der Waals surface area contributed by atoms with Gasteiger partial charge in [0.05, 0.1) is 5.41 Å². The topological polar surface area (TPSA) is 92.4 Å². The van der Waals surface area contributed by atoms with Crippen molar-refractivity contribution in [2.45, 2.75) is 45.1 Å². The fraction of sp³-hybridized carbons (Fsp3) is 0.818. The van der Waals surface area contributed by atoms with Crippen molar-refractivity contribution < 1.29 is 14.7 Å². The summed E-state index contributed by atoms with van der Waals surface area (Å²) in [6, 6.07) is -0.849. The molecule has 0 unspecified atom stereocenters. The third-order valence-corrected chi connectivity index (χ3v) is 3.40. The van der Waals surface area contributed by atoms with Gasteiger partial charge in [-0.25, -0.2) is 0 Å². The molecular weight excluding hydrogens is 208 g/mol. The average molecular weight is 228 g/mol. The molecule has 5 nitrogen and oxygen atoms in total. The minimum atomic E-state index is -1.02. The van der Waals surface area contributed by atoms with Crippen LogP contribution in [-0.2, 0) is 9.59 Å². The van der Waals surface area contributed by atoms with Crippen LogP contribution in [-0.4, -0.2) is 29.6 Å². The summed E-state index contributed by atoms with van der Waals surface area (Å²) in [5, 5.41) is 11.3. The molecule has 1 fully saturated rings. The Hall–Kier alpha value is -1.10. The summed E-state index contributed by atoms with van der Waals surface area (Å²) in [6.45, 7) is 1.76.